The smallest absolute Gasteiger partial charge is 0.161 e. The first-order valence-corrected chi connectivity index (χ1v) is 7.11. The highest BCUT2D eigenvalue weighted by atomic mass is 16.5. The van der Waals surface area contributed by atoms with Gasteiger partial charge in [-0.2, -0.15) is 0 Å². The van der Waals surface area contributed by atoms with Gasteiger partial charge in [0.1, 0.15) is 5.76 Å². The van der Waals surface area contributed by atoms with E-state index in [2.05, 4.69) is 25.2 Å². The average molecular weight is 289 g/mol. The third-order valence-corrected chi connectivity index (χ3v) is 3.58. The summed E-state index contributed by atoms with van der Waals surface area (Å²) >= 11 is 0. The van der Waals surface area contributed by atoms with E-state index < -0.39 is 0 Å². The van der Waals surface area contributed by atoms with Crippen molar-refractivity contribution in [3.05, 3.63) is 46.9 Å². The van der Waals surface area contributed by atoms with Crippen LogP contribution in [0.2, 0.25) is 0 Å². The van der Waals surface area contributed by atoms with Crippen LogP contribution in [0.1, 0.15) is 35.4 Å². The number of hydrogen-bond acceptors (Lipinski definition) is 4. The second-order valence-electron chi connectivity index (χ2n) is 5.05. The van der Waals surface area contributed by atoms with Crippen molar-refractivity contribution in [3.8, 4) is 11.5 Å². The Morgan fingerprint density at radius 1 is 1.10 bits per heavy atom. The molecule has 2 aromatic rings. The Kier molecular flexibility index (Phi) is 4.91. The lowest BCUT2D eigenvalue weighted by atomic mass is 9.95. The minimum atomic E-state index is 0.0762. The summed E-state index contributed by atoms with van der Waals surface area (Å²) in [6, 6.07) is 6.17. The maximum absolute atomic E-state index is 5.46. The van der Waals surface area contributed by atoms with E-state index in [1.165, 1.54) is 0 Å². The van der Waals surface area contributed by atoms with E-state index in [0.29, 0.717) is 0 Å². The minimum Gasteiger partial charge on any atom is -0.493 e. The van der Waals surface area contributed by atoms with Gasteiger partial charge in [-0.15, -0.1) is 0 Å². The van der Waals surface area contributed by atoms with Crippen LogP contribution in [0.15, 0.2) is 28.9 Å². The van der Waals surface area contributed by atoms with Gasteiger partial charge in [0.2, 0.25) is 0 Å². The van der Waals surface area contributed by atoms with Crippen LogP contribution in [-0.2, 0) is 0 Å². The Morgan fingerprint density at radius 2 is 1.76 bits per heavy atom. The normalized spacial score (nSPS) is 12.2. The van der Waals surface area contributed by atoms with Crippen LogP contribution in [0, 0.1) is 13.8 Å². The average Bonchev–Trinajstić information content (AvgIpc) is 2.91. The summed E-state index contributed by atoms with van der Waals surface area (Å²) in [6.07, 6.45) is 1.80. The van der Waals surface area contributed by atoms with Crippen LogP contribution in [0.25, 0.3) is 0 Å². The topological polar surface area (TPSA) is 43.6 Å². The van der Waals surface area contributed by atoms with Gasteiger partial charge in [-0.3, -0.25) is 0 Å². The van der Waals surface area contributed by atoms with Gasteiger partial charge in [0.15, 0.2) is 11.5 Å². The van der Waals surface area contributed by atoms with E-state index in [9.17, 15) is 0 Å². The predicted molar refractivity (Wildman–Crippen MR) is 83.2 cm³/mol. The molecule has 1 heterocycles. The lowest BCUT2D eigenvalue weighted by Crippen LogP contribution is -2.22. The summed E-state index contributed by atoms with van der Waals surface area (Å²) in [6.45, 7) is 6.99. The Morgan fingerprint density at radius 3 is 2.29 bits per heavy atom. The van der Waals surface area contributed by atoms with Gasteiger partial charge in [0, 0.05) is 5.56 Å². The van der Waals surface area contributed by atoms with Crippen molar-refractivity contribution in [2.75, 3.05) is 20.8 Å². The molecule has 0 amide bonds. The monoisotopic (exact) mass is 289 g/mol. The maximum atomic E-state index is 5.46. The molecule has 1 aromatic heterocycles. The SMILES string of the molecule is CCNC(c1coc(C)c1)c1cc(OC)c(OC)cc1C. The van der Waals surface area contributed by atoms with Crippen molar-refractivity contribution < 1.29 is 13.9 Å². The summed E-state index contributed by atoms with van der Waals surface area (Å²) in [4.78, 5) is 0. The summed E-state index contributed by atoms with van der Waals surface area (Å²) in [7, 11) is 3.30. The van der Waals surface area contributed by atoms with Gasteiger partial charge in [-0.05, 0) is 49.7 Å². The van der Waals surface area contributed by atoms with Crippen LogP contribution < -0.4 is 14.8 Å². The molecule has 0 aliphatic carbocycles. The van der Waals surface area contributed by atoms with E-state index in [0.717, 1.165) is 40.5 Å². The molecule has 4 nitrogen and oxygen atoms in total. The Hall–Kier alpha value is -1.94. The summed E-state index contributed by atoms with van der Waals surface area (Å²) in [5.41, 5.74) is 3.43. The second-order valence-corrected chi connectivity index (χ2v) is 5.05. The van der Waals surface area contributed by atoms with Crippen LogP contribution in [0.4, 0.5) is 0 Å². The third kappa shape index (κ3) is 3.22. The molecule has 4 heteroatoms. The first-order valence-electron chi connectivity index (χ1n) is 7.11. The standard InChI is InChI=1S/C17H23NO3/c1-6-18-17(13-8-12(3)21-10-13)14-9-16(20-5)15(19-4)7-11(14)2/h7-10,17-18H,6H2,1-5H3. The van der Waals surface area contributed by atoms with Gasteiger partial charge in [0.25, 0.3) is 0 Å². The molecule has 1 N–H and O–H groups in total. The largest absolute Gasteiger partial charge is 0.493 e. The fourth-order valence-electron chi connectivity index (χ4n) is 2.53. The molecule has 0 bridgehead atoms. The molecule has 0 fully saturated rings. The van der Waals surface area contributed by atoms with E-state index in [1.807, 2.05) is 19.1 Å². The van der Waals surface area contributed by atoms with Crippen LogP contribution in [0.5, 0.6) is 11.5 Å². The Labute approximate surface area is 126 Å². The van der Waals surface area contributed by atoms with E-state index in [-0.39, 0.29) is 6.04 Å². The number of ether oxygens (including phenoxy) is 2. The molecule has 1 unspecified atom stereocenters. The summed E-state index contributed by atoms with van der Waals surface area (Å²) in [5.74, 6) is 2.39. The molecule has 0 aliphatic rings. The highest BCUT2D eigenvalue weighted by Crippen LogP contribution is 2.35. The highest BCUT2D eigenvalue weighted by Gasteiger charge is 2.19. The molecule has 1 aromatic carbocycles. The van der Waals surface area contributed by atoms with E-state index in [4.69, 9.17) is 13.9 Å². The minimum absolute atomic E-state index is 0.0762. The molecule has 0 radical (unpaired) electrons. The molecule has 114 valence electrons. The maximum Gasteiger partial charge on any atom is 0.161 e. The van der Waals surface area contributed by atoms with Gasteiger partial charge in [0.05, 0.1) is 26.5 Å². The number of furan rings is 1. The van der Waals surface area contributed by atoms with Crippen LogP contribution in [-0.4, -0.2) is 20.8 Å². The molecule has 1 atom stereocenters. The Bertz CT molecular complexity index is 604. The van der Waals surface area contributed by atoms with Crippen LogP contribution in [0.3, 0.4) is 0 Å². The number of hydrogen-bond donors (Lipinski definition) is 1. The second kappa shape index (κ2) is 6.68. The van der Waals surface area contributed by atoms with Crippen molar-refractivity contribution in [1.29, 1.82) is 0 Å². The van der Waals surface area contributed by atoms with Crippen molar-refractivity contribution >= 4 is 0 Å². The highest BCUT2D eigenvalue weighted by molar-refractivity contribution is 5.50. The zero-order valence-corrected chi connectivity index (χ0v) is 13.3. The zero-order chi connectivity index (χ0) is 15.4. The predicted octanol–water partition coefficient (Wildman–Crippen LogP) is 3.61. The van der Waals surface area contributed by atoms with Crippen molar-refractivity contribution in [2.45, 2.75) is 26.8 Å². The molecule has 2 rings (SSSR count). The summed E-state index contributed by atoms with van der Waals surface area (Å²) < 4.78 is 16.2. The van der Waals surface area contributed by atoms with E-state index in [1.54, 1.807) is 20.5 Å². The van der Waals surface area contributed by atoms with Gasteiger partial charge < -0.3 is 19.2 Å². The molecular formula is C17H23NO3. The van der Waals surface area contributed by atoms with E-state index >= 15 is 0 Å². The molecule has 21 heavy (non-hydrogen) atoms. The Balaban J connectivity index is 2.49. The fraction of sp³-hybridized carbons (Fsp3) is 0.412. The number of aryl methyl sites for hydroxylation is 2. The lowest BCUT2D eigenvalue weighted by Gasteiger charge is -2.21. The van der Waals surface area contributed by atoms with Crippen molar-refractivity contribution in [1.82, 2.24) is 5.32 Å². The van der Waals surface area contributed by atoms with Gasteiger partial charge in [-0.25, -0.2) is 0 Å². The third-order valence-electron chi connectivity index (χ3n) is 3.58. The molecule has 0 aliphatic heterocycles. The number of rotatable bonds is 6. The summed E-state index contributed by atoms with van der Waals surface area (Å²) in [5, 5.41) is 3.50. The molecule has 0 saturated carbocycles. The number of nitrogens with one attached hydrogen (secondary N) is 1. The van der Waals surface area contributed by atoms with Crippen molar-refractivity contribution in [2.24, 2.45) is 0 Å². The first kappa shape index (κ1) is 15.4. The number of methoxy groups -OCH3 is 2. The molecular weight excluding hydrogens is 266 g/mol. The number of benzene rings is 1. The van der Waals surface area contributed by atoms with Gasteiger partial charge in [-0.1, -0.05) is 6.92 Å². The zero-order valence-electron chi connectivity index (χ0n) is 13.3. The fourth-order valence-corrected chi connectivity index (χ4v) is 2.53. The quantitative estimate of drug-likeness (QED) is 0.882. The van der Waals surface area contributed by atoms with Crippen molar-refractivity contribution in [3.63, 3.8) is 0 Å². The molecule has 0 spiro atoms. The van der Waals surface area contributed by atoms with Crippen LogP contribution >= 0.6 is 0 Å². The lowest BCUT2D eigenvalue weighted by molar-refractivity contribution is 0.353. The first-order chi connectivity index (χ1) is 10.1. The van der Waals surface area contributed by atoms with Gasteiger partial charge >= 0.3 is 0 Å². The molecule has 0 saturated heterocycles.